The van der Waals surface area contributed by atoms with Gasteiger partial charge in [0.05, 0.1) is 11.1 Å². The zero-order valence-corrected chi connectivity index (χ0v) is 26.3. The van der Waals surface area contributed by atoms with Crippen molar-refractivity contribution < 1.29 is 13.9 Å². The van der Waals surface area contributed by atoms with Crippen LogP contribution in [0, 0.1) is 18.7 Å². The van der Waals surface area contributed by atoms with Gasteiger partial charge >= 0.3 is 0 Å². The molecule has 0 bridgehead atoms. The Morgan fingerprint density at radius 3 is 2.45 bits per heavy atom. The van der Waals surface area contributed by atoms with Crippen molar-refractivity contribution in [3.63, 3.8) is 0 Å². The molecule has 0 radical (unpaired) electrons. The lowest BCUT2D eigenvalue weighted by atomic mass is 9.95. The number of benzene rings is 3. The topological polar surface area (TPSA) is 66.8 Å². The Morgan fingerprint density at radius 2 is 1.77 bits per heavy atom. The van der Waals surface area contributed by atoms with Crippen LogP contribution < -0.4 is 15.5 Å². The zero-order valence-electron chi connectivity index (χ0n) is 26.3. The molecule has 2 fully saturated rings. The van der Waals surface area contributed by atoms with Gasteiger partial charge in [0.1, 0.15) is 16.9 Å². The van der Waals surface area contributed by atoms with E-state index in [-0.39, 0.29) is 10.9 Å². The maximum atomic E-state index is 14.9. The summed E-state index contributed by atoms with van der Waals surface area (Å²) in [5, 5.41) is 5.02. The van der Waals surface area contributed by atoms with Gasteiger partial charge < -0.3 is 24.4 Å². The number of amides is 1. The predicted octanol–water partition coefficient (Wildman–Crippen LogP) is 6.65. The molecular formula is C36H43FN4O3. The highest BCUT2D eigenvalue weighted by Gasteiger charge is 2.28. The normalized spacial score (nSPS) is 18.5. The third-order valence-corrected chi connectivity index (χ3v) is 9.82. The Labute approximate surface area is 258 Å². The number of halogens is 1. The first-order chi connectivity index (χ1) is 21.2. The number of fused-ring (bicyclic) bond motifs is 3. The lowest BCUT2D eigenvalue weighted by Crippen LogP contribution is -2.34. The Hall–Kier alpha value is -3.75. The van der Waals surface area contributed by atoms with E-state index in [0.29, 0.717) is 40.9 Å². The molecule has 3 aliphatic heterocycles. The van der Waals surface area contributed by atoms with Gasteiger partial charge in [-0.1, -0.05) is 37.6 Å². The van der Waals surface area contributed by atoms with E-state index < -0.39 is 17.2 Å². The van der Waals surface area contributed by atoms with Crippen molar-refractivity contribution in [2.24, 2.45) is 5.92 Å². The summed E-state index contributed by atoms with van der Waals surface area (Å²) in [6.45, 7) is 8.11. The minimum Gasteiger partial charge on any atom is -0.453 e. The number of carbonyl (C=O) groups is 1. The molecule has 1 amide bonds. The van der Waals surface area contributed by atoms with E-state index in [0.717, 1.165) is 42.5 Å². The number of ether oxygens (including phenoxy) is 1. The highest BCUT2D eigenvalue weighted by atomic mass is 19.1. The molecule has 4 aromatic rings. The second kappa shape index (κ2) is 12.7. The fraction of sp³-hybridized carbons (Fsp3) is 0.444. The number of hydrogen-bond acceptors (Lipinski definition) is 5. The number of nitrogens with one attached hydrogen (secondary N) is 1. The van der Waals surface area contributed by atoms with Gasteiger partial charge in [0.25, 0.3) is 5.91 Å². The van der Waals surface area contributed by atoms with Crippen LogP contribution >= 0.6 is 0 Å². The fourth-order valence-electron chi connectivity index (χ4n) is 6.85. The summed E-state index contributed by atoms with van der Waals surface area (Å²) >= 11 is 0. The lowest BCUT2D eigenvalue weighted by molar-refractivity contribution is 0.0949. The van der Waals surface area contributed by atoms with Gasteiger partial charge in [-0.05, 0) is 108 Å². The highest BCUT2D eigenvalue weighted by molar-refractivity contribution is 6.00. The van der Waals surface area contributed by atoms with Gasteiger partial charge in [-0.25, -0.2) is 4.39 Å². The minimum atomic E-state index is -0.540. The first-order valence-electron chi connectivity index (χ1n) is 16.0. The number of hydrogen-bond donors (Lipinski definition) is 1. The molecule has 3 aromatic carbocycles. The first kappa shape index (κ1) is 30.3. The highest BCUT2D eigenvalue weighted by Crippen LogP contribution is 2.43. The van der Waals surface area contributed by atoms with Crippen LogP contribution in [0.15, 0.2) is 53.5 Å². The lowest BCUT2D eigenvalue weighted by Gasteiger charge is -2.27. The van der Waals surface area contributed by atoms with Crippen LogP contribution in [0.1, 0.15) is 61.4 Å². The largest absolute Gasteiger partial charge is 0.453 e. The summed E-state index contributed by atoms with van der Waals surface area (Å²) in [6, 6.07) is 13.4. The molecule has 1 aromatic heterocycles. The third kappa shape index (κ3) is 5.85. The summed E-state index contributed by atoms with van der Waals surface area (Å²) in [5.74, 6) is 0.891. The second-order valence-electron chi connectivity index (χ2n) is 12.7. The monoisotopic (exact) mass is 598 g/mol. The Bertz CT molecular complexity index is 1760. The van der Waals surface area contributed by atoms with Gasteiger partial charge in [0.15, 0.2) is 11.5 Å². The van der Waals surface area contributed by atoms with Crippen LogP contribution in [0.3, 0.4) is 0 Å². The average Bonchev–Trinajstić information content (AvgIpc) is 3.44. The summed E-state index contributed by atoms with van der Waals surface area (Å²) in [4.78, 5) is 31.2. The zero-order chi connectivity index (χ0) is 31.0. The van der Waals surface area contributed by atoms with Gasteiger partial charge in [-0.2, -0.15) is 0 Å². The number of pyridine rings is 1. The van der Waals surface area contributed by atoms with Crippen LogP contribution in [0.2, 0.25) is 0 Å². The molecule has 232 valence electrons. The van der Waals surface area contributed by atoms with E-state index in [1.807, 2.05) is 36.4 Å². The van der Waals surface area contributed by atoms with E-state index >= 15 is 0 Å². The van der Waals surface area contributed by atoms with Crippen LogP contribution in [-0.2, 0) is 0 Å². The standard InChI is InChI=1S/C28H26FN3O3.C8H17N/c1-16-22(29)14-20-25-27(16)35-24-13-18-7-4-3-6-17(18)12-23(24)32(25)15-21(26(20)33)28(34)30-10-9-19-8-5-11-31(19)2;1-3-8-4-6-9(2)7-5-8/h3-4,6-7,12-15,19H,5,8-11H2,1-2H3,(H,30,34);8H,3-7H2,1-2H3. The number of aromatic nitrogens is 1. The van der Waals surface area contributed by atoms with Gasteiger partial charge in [0.2, 0.25) is 5.43 Å². The Kier molecular flexibility index (Phi) is 8.74. The number of piperidine rings is 1. The molecule has 4 heterocycles. The number of rotatable bonds is 5. The van der Waals surface area contributed by atoms with Crippen molar-refractivity contribution in [2.75, 3.05) is 40.3 Å². The van der Waals surface area contributed by atoms with E-state index in [9.17, 15) is 14.0 Å². The maximum Gasteiger partial charge on any atom is 0.256 e. The summed E-state index contributed by atoms with van der Waals surface area (Å²) < 4.78 is 22.8. The van der Waals surface area contributed by atoms with Crippen molar-refractivity contribution in [3.05, 3.63) is 75.8 Å². The van der Waals surface area contributed by atoms with E-state index in [4.69, 9.17) is 4.74 Å². The van der Waals surface area contributed by atoms with Crippen molar-refractivity contribution in [2.45, 2.75) is 58.4 Å². The van der Waals surface area contributed by atoms with Crippen molar-refractivity contribution >= 4 is 27.6 Å². The summed E-state index contributed by atoms with van der Waals surface area (Å²) in [5.41, 5.74) is 0.990. The smallest absolute Gasteiger partial charge is 0.256 e. The fourth-order valence-corrected chi connectivity index (χ4v) is 6.85. The van der Waals surface area contributed by atoms with Gasteiger partial charge in [-0.3, -0.25) is 9.59 Å². The SMILES string of the molecule is CCC1CCN(C)CC1.Cc1c(F)cc2c(=O)c(C(=O)NCCC3CCCN3C)cn3c2c1Oc1cc2ccccc2cc1-3. The van der Waals surface area contributed by atoms with E-state index in [2.05, 4.69) is 36.1 Å². The van der Waals surface area contributed by atoms with Crippen molar-refractivity contribution in [1.29, 1.82) is 0 Å². The summed E-state index contributed by atoms with van der Waals surface area (Å²) in [6.07, 6.45) is 8.90. The molecule has 1 unspecified atom stereocenters. The third-order valence-electron chi connectivity index (χ3n) is 9.82. The summed E-state index contributed by atoms with van der Waals surface area (Å²) in [7, 11) is 4.31. The molecule has 3 aliphatic rings. The number of likely N-dealkylation sites (tertiary alicyclic amines) is 2. The molecule has 44 heavy (non-hydrogen) atoms. The first-order valence-corrected chi connectivity index (χ1v) is 16.0. The maximum absolute atomic E-state index is 14.9. The number of carbonyl (C=O) groups excluding carboxylic acids is 1. The van der Waals surface area contributed by atoms with Gasteiger partial charge in [0, 0.05) is 24.3 Å². The molecule has 1 atom stereocenters. The second-order valence-corrected chi connectivity index (χ2v) is 12.7. The molecular weight excluding hydrogens is 555 g/mol. The molecule has 1 N–H and O–H groups in total. The molecule has 0 spiro atoms. The molecule has 7 rings (SSSR count). The quantitative estimate of drug-likeness (QED) is 0.245. The van der Waals surface area contributed by atoms with Crippen LogP contribution in [0.4, 0.5) is 4.39 Å². The van der Waals surface area contributed by atoms with Crippen molar-refractivity contribution in [3.8, 4) is 17.2 Å². The van der Waals surface area contributed by atoms with E-state index in [1.165, 1.54) is 38.4 Å². The van der Waals surface area contributed by atoms with E-state index in [1.54, 1.807) is 17.7 Å². The van der Waals surface area contributed by atoms with Crippen LogP contribution in [-0.4, -0.2) is 66.6 Å². The predicted molar refractivity (Wildman–Crippen MR) is 175 cm³/mol. The molecule has 0 saturated carbocycles. The van der Waals surface area contributed by atoms with Crippen LogP contribution in [0.25, 0.3) is 27.4 Å². The Morgan fingerprint density at radius 1 is 1.05 bits per heavy atom. The molecule has 8 heteroatoms. The van der Waals surface area contributed by atoms with Crippen LogP contribution in [0.5, 0.6) is 11.5 Å². The van der Waals surface area contributed by atoms with Gasteiger partial charge in [-0.15, -0.1) is 0 Å². The van der Waals surface area contributed by atoms with Crippen molar-refractivity contribution in [1.82, 2.24) is 19.7 Å². The molecule has 7 nitrogen and oxygen atoms in total. The Balaban J connectivity index is 0.000000329. The average molecular weight is 599 g/mol. The molecule has 2 saturated heterocycles. The number of nitrogens with zero attached hydrogens (tertiary/aromatic N) is 3. The minimum absolute atomic E-state index is 0.00696. The molecule has 0 aliphatic carbocycles.